The molecule has 0 saturated carbocycles. The van der Waals surface area contributed by atoms with E-state index in [-0.39, 0.29) is 22.8 Å². The molecular formula is C13H18IN3O3. The Labute approximate surface area is 131 Å². The predicted molar refractivity (Wildman–Crippen MR) is 86.1 cm³/mol. The molecule has 0 amide bonds. The molecule has 0 aliphatic carbocycles. The molecule has 2 rings (SSSR count). The van der Waals surface area contributed by atoms with E-state index in [1.807, 2.05) is 42.8 Å². The first-order valence-electron chi connectivity index (χ1n) is 6.42. The number of aliphatic hydroxyl groups excluding tert-OH is 1. The highest BCUT2D eigenvalue weighted by molar-refractivity contribution is 14.1. The number of likely N-dealkylation sites (N-methyl/N-ethyl adjacent to an activating group) is 1. The van der Waals surface area contributed by atoms with Crippen LogP contribution in [0.2, 0.25) is 0 Å². The van der Waals surface area contributed by atoms with Crippen molar-refractivity contribution in [2.45, 2.75) is 18.6 Å². The summed E-state index contributed by atoms with van der Waals surface area (Å²) in [6.07, 6.45) is 0.388. The molecule has 0 aromatic heterocycles. The Kier molecular flexibility index (Phi) is 4.82. The van der Waals surface area contributed by atoms with E-state index >= 15 is 0 Å². The van der Waals surface area contributed by atoms with Gasteiger partial charge < -0.3 is 14.9 Å². The zero-order valence-electron chi connectivity index (χ0n) is 11.5. The largest absolute Gasteiger partial charge is 0.391 e. The van der Waals surface area contributed by atoms with Crippen LogP contribution in [0.25, 0.3) is 0 Å². The number of halogens is 1. The SMILES string of the molecule is CN(C)CC1CC(O)CN1c1ccc([N+](=O)[O-])c(I)c1. The number of aliphatic hydroxyl groups is 1. The van der Waals surface area contributed by atoms with Crippen LogP contribution < -0.4 is 4.90 Å². The predicted octanol–water partition coefficient (Wildman–Crippen LogP) is 1.70. The van der Waals surface area contributed by atoms with Crippen molar-refractivity contribution in [2.24, 2.45) is 0 Å². The summed E-state index contributed by atoms with van der Waals surface area (Å²) >= 11 is 1.98. The maximum atomic E-state index is 10.9. The summed E-state index contributed by atoms with van der Waals surface area (Å²) in [6, 6.07) is 5.35. The number of β-amino-alcohol motifs (C(OH)–C–C–N with tert-alkyl or cyclic N) is 1. The first-order chi connectivity index (χ1) is 9.38. The van der Waals surface area contributed by atoms with Crippen LogP contribution in [0.3, 0.4) is 0 Å². The highest BCUT2D eigenvalue weighted by atomic mass is 127. The Balaban J connectivity index is 2.25. The van der Waals surface area contributed by atoms with Crippen LogP contribution in [0.1, 0.15) is 6.42 Å². The molecule has 1 N–H and O–H groups in total. The minimum absolute atomic E-state index is 0.123. The number of nitro benzene ring substituents is 1. The van der Waals surface area contributed by atoms with Crippen molar-refractivity contribution in [3.05, 3.63) is 31.9 Å². The van der Waals surface area contributed by atoms with Gasteiger partial charge in [-0.15, -0.1) is 0 Å². The molecule has 1 aromatic carbocycles. The normalized spacial score (nSPS) is 22.6. The average Bonchev–Trinajstić information content (AvgIpc) is 2.68. The van der Waals surface area contributed by atoms with E-state index in [0.717, 1.165) is 18.7 Å². The topological polar surface area (TPSA) is 69.8 Å². The molecular weight excluding hydrogens is 373 g/mol. The average molecular weight is 391 g/mol. The number of anilines is 1. The molecule has 2 atom stereocenters. The standard InChI is InChI=1S/C13H18IN3O3/c1-15(2)7-10-5-11(18)8-16(10)9-3-4-13(17(19)20)12(14)6-9/h3-4,6,10-11,18H,5,7-8H2,1-2H3. The van der Waals surface area contributed by atoms with Gasteiger partial charge in [0.15, 0.2) is 0 Å². The van der Waals surface area contributed by atoms with Gasteiger partial charge in [0.05, 0.1) is 14.6 Å². The molecule has 1 fully saturated rings. The lowest BCUT2D eigenvalue weighted by molar-refractivity contribution is -0.385. The van der Waals surface area contributed by atoms with Gasteiger partial charge in [0.2, 0.25) is 0 Å². The summed E-state index contributed by atoms with van der Waals surface area (Å²) in [4.78, 5) is 14.7. The van der Waals surface area contributed by atoms with Crippen molar-refractivity contribution in [3.8, 4) is 0 Å². The first kappa shape index (κ1) is 15.5. The Hall–Kier alpha value is -0.930. The highest BCUT2D eigenvalue weighted by Crippen LogP contribution is 2.31. The van der Waals surface area contributed by atoms with E-state index < -0.39 is 0 Å². The number of hydrogen-bond donors (Lipinski definition) is 1. The molecule has 110 valence electrons. The number of hydrogen-bond acceptors (Lipinski definition) is 5. The summed E-state index contributed by atoms with van der Waals surface area (Å²) in [5, 5.41) is 20.7. The van der Waals surface area contributed by atoms with Gasteiger partial charge in [-0.2, -0.15) is 0 Å². The number of benzene rings is 1. The quantitative estimate of drug-likeness (QED) is 0.481. The van der Waals surface area contributed by atoms with E-state index in [1.54, 1.807) is 6.07 Å². The summed E-state index contributed by atoms with van der Waals surface area (Å²) in [6.45, 7) is 1.43. The minimum Gasteiger partial charge on any atom is -0.391 e. The van der Waals surface area contributed by atoms with Gasteiger partial charge >= 0.3 is 0 Å². The monoisotopic (exact) mass is 391 g/mol. The second kappa shape index (κ2) is 6.23. The fourth-order valence-corrected chi connectivity index (χ4v) is 3.32. The third-order valence-corrected chi connectivity index (χ3v) is 4.29. The number of nitrogens with zero attached hydrogens (tertiary/aromatic N) is 3. The molecule has 20 heavy (non-hydrogen) atoms. The van der Waals surface area contributed by atoms with Gasteiger partial charge in [0.1, 0.15) is 0 Å². The minimum atomic E-state index is -0.373. The molecule has 7 heteroatoms. The van der Waals surface area contributed by atoms with Crippen molar-refractivity contribution in [2.75, 3.05) is 32.1 Å². The van der Waals surface area contributed by atoms with Gasteiger partial charge in [0.25, 0.3) is 5.69 Å². The van der Waals surface area contributed by atoms with Gasteiger partial charge in [-0.25, -0.2) is 0 Å². The summed E-state index contributed by atoms with van der Waals surface area (Å²) in [7, 11) is 4.00. The molecule has 1 aliphatic rings. The molecule has 2 unspecified atom stereocenters. The lowest BCUT2D eigenvalue weighted by Crippen LogP contribution is -2.37. The van der Waals surface area contributed by atoms with Crippen LogP contribution >= 0.6 is 22.6 Å². The Morgan fingerprint density at radius 1 is 1.55 bits per heavy atom. The van der Waals surface area contributed by atoms with Crippen molar-refractivity contribution < 1.29 is 10.0 Å². The van der Waals surface area contributed by atoms with E-state index in [0.29, 0.717) is 10.1 Å². The maximum absolute atomic E-state index is 10.9. The highest BCUT2D eigenvalue weighted by Gasteiger charge is 2.31. The van der Waals surface area contributed by atoms with Crippen LogP contribution in [0, 0.1) is 13.7 Å². The number of nitro groups is 1. The van der Waals surface area contributed by atoms with Crippen molar-refractivity contribution in [3.63, 3.8) is 0 Å². The van der Waals surface area contributed by atoms with Crippen molar-refractivity contribution >= 4 is 34.0 Å². The van der Waals surface area contributed by atoms with Crippen LogP contribution in [0.15, 0.2) is 18.2 Å². The fraction of sp³-hybridized carbons (Fsp3) is 0.538. The van der Waals surface area contributed by atoms with Crippen LogP contribution in [0.4, 0.5) is 11.4 Å². The Morgan fingerprint density at radius 2 is 2.25 bits per heavy atom. The molecule has 1 aliphatic heterocycles. The smallest absolute Gasteiger partial charge is 0.282 e. The van der Waals surface area contributed by atoms with E-state index in [4.69, 9.17) is 0 Å². The first-order valence-corrected chi connectivity index (χ1v) is 7.49. The second-order valence-corrected chi connectivity index (χ2v) is 6.51. The Bertz CT molecular complexity index is 510. The maximum Gasteiger partial charge on any atom is 0.282 e. The summed E-state index contributed by atoms with van der Waals surface area (Å²) in [5.74, 6) is 0. The van der Waals surface area contributed by atoms with Gasteiger partial charge in [-0.1, -0.05) is 0 Å². The number of rotatable bonds is 4. The van der Waals surface area contributed by atoms with Crippen LogP contribution in [-0.4, -0.2) is 54.3 Å². The summed E-state index contributed by atoms with van der Waals surface area (Å²) < 4.78 is 0.620. The molecule has 0 radical (unpaired) electrons. The zero-order valence-corrected chi connectivity index (χ0v) is 13.6. The van der Waals surface area contributed by atoms with E-state index in [1.165, 1.54) is 6.07 Å². The van der Waals surface area contributed by atoms with Crippen LogP contribution in [-0.2, 0) is 0 Å². The third-order valence-electron chi connectivity index (χ3n) is 3.43. The molecule has 6 nitrogen and oxygen atoms in total. The summed E-state index contributed by atoms with van der Waals surface area (Å²) in [5.41, 5.74) is 1.06. The lowest BCUT2D eigenvalue weighted by atomic mass is 10.2. The van der Waals surface area contributed by atoms with Crippen LogP contribution in [0.5, 0.6) is 0 Å². The fourth-order valence-electron chi connectivity index (χ4n) is 2.63. The second-order valence-electron chi connectivity index (χ2n) is 5.35. The van der Waals surface area contributed by atoms with Gasteiger partial charge in [0, 0.05) is 30.9 Å². The van der Waals surface area contributed by atoms with E-state index in [9.17, 15) is 15.2 Å². The molecule has 0 spiro atoms. The molecule has 0 bridgehead atoms. The molecule has 1 saturated heterocycles. The van der Waals surface area contributed by atoms with Crippen molar-refractivity contribution in [1.82, 2.24) is 4.90 Å². The molecule has 1 aromatic rings. The van der Waals surface area contributed by atoms with Gasteiger partial charge in [-0.05, 0) is 55.2 Å². The lowest BCUT2D eigenvalue weighted by Gasteiger charge is -2.28. The Morgan fingerprint density at radius 3 is 2.80 bits per heavy atom. The van der Waals surface area contributed by atoms with Gasteiger partial charge in [-0.3, -0.25) is 10.1 Å². The van der Waals surface area contributed by atoms with E-state index in [2.05, 4.69) is 9.80 Å². The molecule has 1 heterocycles. The zero-order chi connectivity index (χ0) is 14.9. The third kappa shape index (κ3) is 3.39. The van der Waals surface area contributed by atoms with Crippen molar-refractivity contribution in [1.29, 1.82) is 0 Å².